The predicted octanol–water partition coefficient (Wildman–Crippen LogP) is 6.76. The number of nitrogens with zero attached hydrogens (tertiary/aromatic N) is 6. The summed E-state index contributed by atoms with van der Waals surface area (Å²) in [6, 6.07) is 12.0. The number of nitrogens with one attached hydrogen (secondary N) is 2. The number of halogens is 3. The third-order valence-corrected chi connectivity index (χ3v) is 13.1. The van der Waals surface area contributed by atoms with Crippen molar-refractivity contribution in [2.45, 2.75) is 102 Å². The number of likely N-dealkylation sites (tertiary alicyclic amines) is 1. The zero-order chi connectivity index (χ0) is 45.5. The summed E-state index contributed by atoms with van der Waals surface area (Å²) in [6.07, 6.45) is 3.43. The van der Waals surface area contributed by atoms with Crippen molar-refractivity contribution in [1.82, 2.24) is 34.1 Å². The molecule has 64 heavy (non-hydrogen) atoms. The molecular weight excluding hydrogens is 834 g/mol. The van der Waals surface area contributed by atoms with Gasteiger partial charge in [-0.05, 0) is 127 Å². The van der Waals surface area contributed by atoms with E-state index in [0.717, 1.165) is 81.4 Å². The van der Waals surface area contributed by atoms with Gasteiger partial charge in [-0.1, -0.05) is 18.2 Å². The van der Waals surface area contributed by atoms with E-state index < -0.39 is 47.0 Å². The first-order valence-electron chi connectivity index (χ1n) is 21.9. The molecule has 18 heteroatoms. The number of aryl methyl sites for hydroxylation is 1. The average Bonchev–Trinajstić information content (AvgIpc) is 3.80. The fourth-order valence-corrected chi connectivity index (χ4v) is 9.72. The summed E-state index contributed by atoms with van der Waals surface area (Å²) in [5.74, 6) is -1.40. The topological polar surface area (TPSA) is 172 Å². The Bertz CT molecular complexity index is 2650. The molecule has 1 aliphatic carbocycles. The molecule has 8 rings (SSSR count). The van der Waals surface area contributed by atoms with Crippen LogP contribution in [0.2, 0.25) is 0 Å². The molecule has 2 N–H and O–H groups in total. The Balaban J connectivity index is 0.925. The highest BCUT2D eigenvalue weighted by Crippen LogP contribution is 2.39. The van der Waals surface area contributed by atoms with Crippen LogP contribution in [0.1, 0.15) is 117 Å². The highest BCUT2D eigenvalue weighted by Gasteiger charge is 2.35. The first-order valence-corrected chi connectivity index (χ1v) is 21.9. The number of imide groups is 1. The van der Waals surface area contributed by atoms with E-state index in [2.05, 4.69) is 26.6 Å². The van der Waals surface area contributed by atoms with E-state index in [1.807, 2.05) is 23.0 Å². The van der Waals surface area contributed by atoms with Crippen LogP contribution in [0.3, 0.4) is 0 Å². The van der Waals surface area contributed by atoms with Crippen LogP contribution in [0.5, 0.6) is 0 Å². The third kappa shape index (κ3) is 9.20. The second-order valence-corrected chi connectivity index (χ2v) is 17.7. The number of hydrogen-bond acceptors (Lipinski definition) is 10. The molecule has 0 spiro atoms. The summed E-state index contributed by atoms with van der Waals surface area (Å²) in [5, 5.41) is 10.8. The van der Waals surface area contributed by atoms with Crippen LogP contribution in [-0.2, 0) is 42.7 Å². The van der Waals surface area contributed by atoms with Crippen LogP contribution in [-0.4, -0.2) is 85.3 Å². The number of aromatic nitrogens is 5. The van der Waals surface area contributed by atoms with Crippen molar-refractivity contribution in [1.29, 1.82) is 0 Å². The van der Waals surface area contributed by atoms with Gasteiger partial charge in [0, 0.05) is 42.8 Å². The number of ether oxygens (including phenoxy) is 2. The molecule has 5 heterocycles. The summed E-state index contributed by atoms with van der Waals surface area (Å²) in [5.41, 5.74) is 1.03. The third-order valence-electron chi connectivity index (χ3n) is 13.1. The van der Waals surface area contributed by atoms with Gasteiger partial charge >= 0.3 is 17.8 Å². The Hall–Kier alpha value is -5.88. The Morgan fingerprint density at radius 2 is 1.69 bits per heavy atom. The largest absolute Gasteiger partial charge is 0.464 e. The molecule has 3 amide bonds. The van der Waals surface area contributed by atoms with E-state index in [9.17, 15) is 37.1 Å². The van der Waals surface area contributed by atoms with Gasteiger partial charge in [-0.25, -0.2) is 14.6 Å². The van der Waals surface area contributed by atoms with Gasteiger partial charge < -0.3 is 19.7 Å². The van der Waals surface area contributed by atoms with E-state index in [1.165, 1.54) is 6.07 Å². The SMILES string of the molecule is CCOC(=O)COC(C)(C)c1cc2nn([C@H]3CC[C@H](CN4CCC(c5cccc6c5n(C)c(=O)n6C5CCC(=O)NC5=O)CC4)CC3)cc2cc1NC(=O)c1cccc(C(F)(F)F)n1. The molecule has 1 saturated carbocycles. The smallest absolute Gasteiger partial charge is 0.433 e. The number of anilines is 1. The van der Waals surface area contributed by atoms with Gasteiger partial charge in [0.25, 0.3) is 5.91 Å². The van der Waals surface area contributed by atoms with Gasteiger partial charge in [-0.15, -0.1) is 0 Å². The number of pyridine rings is 1. The Kier molecular flexibility index (Phi) is 12.5. The number of carbonyl (C=O) groups is 4. The lowest BCUT2D eigenvalue weighted by molar-refractivity contribution is -0.154. The van der Waals surface area contributed by atoms with Gasteiger partial charge in [-0.2, -0.15) is 18.3 Å². The van der Waals surface area contributed by atoms with Crippen LogP contribution in [0.15, 0.2) is 59.5 Å². The molecular formula is C46H53F3N8O7. The zero-order valence-electron chi connectivity index (χ0n) is 36.4. The highest BCUT2D eigenvalue weighted by molar-refractivity contribution is 6.04. The standard InChI is InChI=1S/C46H53F3N8O7/c1-5-63-40(59)26-64-45(2,3)32-23-34-29(22-35(32)51-42(60)33-9-7-11-38(50-33)46(47,48)49)25-56(53-34)30-14-12-27(13-15-30)24-55-20-18-28(19-21-55)31-8-6-10-36-41(31)54(4)44(62)57(36)37-16-17-39(58)52-43(37)61/h6-11,22-23,25,27-28,30,37H,5,12-21,24,26H2,1-4H3,(H,51,60)(H,52,58,61)/t27-,30-,37?. The first-order chi connectivity index (χ1) is 30.5. The molecule has 2 aromatic carbocycles. The molecule has 3 aliphatic rings. The minimum atomic E-state index is -4.73. The normalized spacial score (nSPS) is 20.5. The van der Waals surface area contributed by atoms with E-state index >= 15 is 0 Å². The van der Waals surface area contributed by atoms with E-state index in [1.54, 1.807) is 49.1 Å². The molecule has 0 bridgehead atoms. The molecule has 2 aliphatic heterocycles. The zero-order valence-corrected chi connectivity index (χ0v) is 36.4. The maximum absolute atomic E-state index is 13.5. The predicted molar refractivity (Wildman–Crippen MR) is 231 cm³/mol. The second-order valence-electron chi connectivity index (χ2n) is 17.7. The highest BCUT2D eigenvalue weighted by atomic mass is 19.4. The van der Waals surface area contributed by atoms with Crippen molar-refractivity contribution >= 4 is 51.3 Å². The number of esters is 1. The van der Waals surface area contributed by atoms with E-state index in [-0.39, 0.29) is 48.9 Å². The number of piperidine rings is 2. The van der Waals surface area contributed by atoms with Gasteiger partial charge in [0.1, 0.15) is 24.0 Å². The minimum Gasteiger partial charge on any atom is -0.464 e. The summed E-state index contributed by atoms with van der Waals surface area (Å²) >= 11 is 0. The molecule has 2 saturated heterocycles. The van der Waals surface area contributed by atoms with Crippen molar-refractivity contribution in [3.05, 3.63) is 87.7 Å². The van der Waals surface area contributed by atoms with Gasteiger partial charge in [-0.3, -0.25) is 33.5 Å². The van der Waals surface area contributed by atoms with Crippen molar-refractivity contribution < 1.29 is 41.8 Å². The minimum absolute atomic E-state index is 0.137. The van der Waals surface area contributed by atoms with E-state index in [0.29, 0.717) is 34.3 Å². The number of rotatable bonds is 12. The number of alkyl halides is 3. The maximum atomic E-state index is 13.5. The maximum Gasteiger partial charge on any atom is 0.433 e. The average molecular weight is 887 g/mol. The number of carbonyl (C=O) groups excluding carboxylic acids is 4. The molecule has 3 aromatic heterocycles. The molecule has 3 fully saturated rings. The number of imidazole rings is 1. The van der Waals surface area contributed by atoms with Crippen LogP contribution in [0.4, 0.5) is 18.9 Å². The summed E-state index contributed by atoms with van der Waals surface area (Å²) in [6.45, 7) is 7.79. The van der Waals surface area contributed by atoms with Crippen molar-refractivity contribution in [3.8, 4) is 0 Å². The molecule has 1 unspecified atom stereocenters. The van der Waals surface area contributed by atoms with Crippen LogP contribution >= 0.6 is 0 Å². The fraction of sp³-hybridized carbons (Fsp3) is 0.500. The number of benzene rings is 2. The summed E-state index contributed by atoms with van der Waals surface area (Å²) in [4.78, 5) is 69.8. The number of amides is 3. The van der Waals surface area contributed by atoms with E-state index in [4.69, 9.17) is 14.6 Å². The molecule has 1 atom stereocenters. The van der Waals surface area contributed by atoms with Gasteiger partial charge in [0.15, 0.2) is 0 Å². The number of para-hydroxylation sites is 1. The van der Waals surface area contributed by atoms with Gasteiger partial charge in [0.2, 0.25) is 11.8 Å². The monoisotopic (exact) mass is 886 g/mol. The second kappa shape index (κ2) is 17.9. The Morgan fingerprint density at radius 3 is 2.39 bits per heavy atom. The lowest BCUT2D eigenvalue weighted by Gasteiger charge is -2.37. The Morgan fingerprint density at radius 1 is 0.953 bits per heavy atom. The first kappa shape index (κ1) is 44.7. The lowest BCUT2D eigenvalue weighted by atomic mass is 9.84. The lowest BCUT2D eigenvalue weighted by Crippen LogP contribution is -2.44. The van der Waals surface area contributed by atoms with Gasteiger partial charge in [0.05, 0.1) is 34.8 Å². The fourth-order valence-electron chi connectivity index (χ4n) is 9.72. The summed E-state index contributed by atoms with van der Waals surface area (Å²) in [7, 11) is 1.75. The van der Waals surface area contributed by atoms with Crippen LogP contribution < -0.4 is 16.3 Å². The van der Waals surface area contributed by atoms with Crippen molar-refractivity contribution in [3.63, 3.8) is 0 Å². The molecule has 0 radical (unpaired) electrons. The van der Waals surface area contributed by atoms with Crippen LogP contribution in [0.25, 0.3) is 21.9 Å². The molecule has 340 valence electrons. The number of hydrogen-bond donors (Lipinski definition) is 2. The van der Waals surface area contributed by atoms with Crippen molar-refractivity contribution in [2.75, 3.05) is 38.2 Å². The van der Waals surface area contributed by atoms with Crippen molar-refractivity contribution in [2.24, 2.45) is 13.0 Å². The Labute approximate surface area is 367 Å². The number of fused-ring (bicyclic) bond motifs is 2. The molecule has 15 nitrogen and oxygen atoms in total. The van der Waals surface area contributed by atoms with Crippen LogP contribution in [0, 0.1) is 5.92 Å². The quantitative estimate of drug-likeness (QED) is 0.101. The summed E-state index contributed by atoms with van der Waals surface area (Å²) < 4.78 is 56.5. The molecule has 5 aromatic rings.